The first kappa shape index (κ1) is 15.2. The van der Waals surface area contributed by atoms with Crippen molar-refractivity contribution in [3.63, 3.8) is 0 Å². The maximum Gasteiger partial charge on any atom is 0.141 e. The normalized spacial score (nSPS) is 10.8. The Morgan fingerprint density at radius 3 is 2.75 bits per heavy atom. The third kappa shape index (κ3) is 3.66. The fourth-order valence-corrected chi connectivity index (χ4v) is 2.61. The summed E-state index contributed by atoms with van der Waals surface area (Å²) in [6.07, 6.45) is 3.21. The number of rotatable bonds is 6. The SMILES string of the molecule is Cn1nccc1CCOc1c(Cl)cc(Cl)cc1CCN. The quantitative estimate of drug-likeness (QED) is 0.892. The number of nitrogens with two attached hydrogens (primary N) is 1. The van der Waals surface area contributed by atoms with Gasteiger partial charge in [-0.15, -0.1) is 0 Å². The molecule has 1 heterocycles. The predicted molar refractivity (Wildman–Crippen MR) is 81.6 cm³/mol. The van der Waals surface area contributed by atoms with E-state index in [1.165, 1.54) is 0 Å². The maximum atomic E-state index is 6.19. The molecule has 0 radical (unpaired) electrons. The van der Waals surface area contributed by atoms with E-state index >= 15 is 0 Å². The molecule has 2 rings (SSSR count). The molecule has 0 aliphatic carbocycles. The number of nitrogens with zero attached hydrogens (tertiary/aromatic N) is 2. The van der Waals surface area contributed by atoms with Gasteiger partial charge in [0.2, 0.25) is 0 Å². The van der Waals surface area contributed by atoms with Crippen molar-refractivity contribution in [2.24, 2.45) is 12.8 Å². The first-order valence-electron chi connectivity index (χ1n) is 6.39. The largest absolute Gasteiger partial charge is 0.491 e. The average Bonchev–Trinajstić information content (AvgIpc) is 2.78. The van der Waals surface area contributed by atoms with Gasteiger partial charge in [0.15, 0.2) is 0 Å². The van der Waals surface area contributed by atoms with Crippen molar-refractivity contribution in [3.8, 4) is 5.75 Å². The summed E-state index contributed by atoms with van der Waals surface area (Å²) in [5.74, 6) is 0.670. The highest BCUT2D eigenvalue weighted by atomic mass is 35.5. The molecule has 0 atom stereocenters. The minimum absolute atomic E-state index is 0.519. The lowest BCUT2D eigenvalue weighted by Gasteiger charge is -2.13. The molecule has 0 aliphatic heterocycles. The van der Waals surface area contributed by atoms with Crippen LogP contribution in [0.1, 0.15) is 11.3 Å². The van der Waals surface area contributed by atoms with Gasteiger partial charge in [-0.1, -0.05) is 23.2 Å². The average molecular weight is 314 g/mol. The van der Waals surface area contributed by atoms with Crippen molar-refractivity contribution in [2.75, 3.05) is 13.2 Å². The molecule has 108 valence electrons. The van der Waals surface area contributed by atoms with Crippen LogP contribution in [0.15, 0.2) is 24.4 Å². The molecule has 0 unspecified atom stereocenters. The number of aryl methyl sites for hydroxylation is 1. The summed E-state index contributed by atoms with van der Waals surface area (Å²) in [4.78, 5) is 0. The predicted octanol–water partition coefficient (Wildman–Crippen LogP) is 2.85. The Morgan fingerprint density at radius 1 is 1.30 bits per heavy atom. The van der Waals surface area contributed by atoms with E-state index in [0.717, 1.165) is 17.7 Å². The van der Waals surface area contributed by atoms with Crippen molar-refractivity contribution in [1.29, 1.82) is 0 Å². The molecule has 0 saturated carbocycles. The van der Waals surface area contributed by atoms with Crippen LogP contribution in [-0.4, -0.2) is 22.9 Å². The van der Waals surface area contributed by atoms with Crippen molar-refractivity contribution in [3.05, 3.63) is 45.7 Å². The summed E-state index contributed by atoms with van der Waals surface area (Å²) in [6.45, 7) is 1.05. The van der Waals surface area contributed by atoms with E-state index in [1.54, 1.807) is 12.3 Å². The third-order valence-corrected chi connectivity index (χ3v) is 3.52. The molecule has 1 aromatic carbocycles. The molecule has 4 nitrogen and oxygen atoms in total. The van der Waals surface area contributed by atoms with Gasteiger partial charge in [0.05, 0.1) is 11.6 Å². The van der Waals surface area contributed by atoms with Crippen molar-refractivity contribution in [1.82, 2.24) is 9.78 Å². The highest BCUT2D eigenvalue weighted by Crippen LogP contribution is 2.32. The van der Waals surface area contributed by atoms with Crippen LogP contribution in [0.4, 0.5) is 0 Å². The fraction of sp³-hybridized carbons (Fsp3) is 0.357. The highest BCUT2D eigenvalue weighted by Gasteiger charge is 2.11. The summed E-state index contributed by atoms with van der Waals surface area (Å²) in [6, 6.07) is 5.50. The van der Waals surface area contributed by atoms with Gasteiger partial charge in [0, 0.05) is 30.4 Å². The Kier molecular flexibility index (Phi) is 5.29. The van der Waals surface area contributed by atoms with Crippen LogP contribution in [0.3, 0.4) is 0 Å². The number of hydrogen-bond donors (Lipinski definition) is 1. The Hall–Kier alpha value is -1.23. The molecule has 0 spiro atoms. The smallest absolute Gasteiger partial charge is 0.141 e. The van der Waals surface area contributed by atoms with Crippen LogP contribution < -0.4 is 10.5 Å². The lowest BCUT2D eigenvalue weighted by molar-refractivity contribution is 0.315. The molecule has 2 N–H and O–H groups in total. The molecule has 20 heavy (non-hydrogen) atoms. The Balaban J connectivity index is 2.06. The Bertz CT molecular complexity index is 584. The van der Waals surface area contributed by atoms with Gasteiger partial charge in [-0.2, -0.15) is 5.10 Å². The molecular formula is C14H17Cl2N3O. The number of halogens is 2. The summed E-state index contributed by atoms with van der Waals surface area (Å²) in [7, 11) is 1.91. The van der Waals surface area contributed by atoms with Crippen molar-refractivity contribution < 1.29 is 4.74 Å². The van der Waals surface area contributed by atoms with E-state index in [0.29, 0.717) is 35.4 Å². The van der Waals surface area contributed by atoms with Gasteiger partial charge < -0.3 is 10.5 Å². The van der Waals surface area contributed by atoms with Gasteiger partial charge in [0.1, 0.15) is 5.75 Å². The van der Waals surface area contributed by atoms with E-state index in [2.05, 4.69) is 5.10 Å². The minimum Gasteiger partial charge on any atom is -0.491 e. The van der Waals surface area contributed by atoms with E-state index in [1.807, 2.05) is 23.9 Å². The molecule has 0 fully saturated rings. The number of benzene rings is 1. The first-order chi connectivity index (χ1) is 9.61. The number of aromatic nitrogens is 2. The van der Waals surface area contributed by atoms with E-state index in [-0.39, 0.29) is 0 Å². The maximum absolute atomic E-state index is 6.19. The zero-order valence-corrected chi connectivity index (χ0v) is 12.8. The monoisotopic (exact) mass is 313 g/mol. The second kappa shape index (κ2) is 6.97. The van der Waals surface area contributed by atoms with Crippen LogP contribution in [0.2, 0.25) is 10.0 Å². The molecule has 1 aromatic heterocycles. The van der Waals surface area contributed by atoms with Gasteiger partial charge in [-0.05, 0) is 36.7 Å². The molecule has 0 saturated heterocycles. The van der Waals surface area contributed by atoms with Crippen LogP contribution in [-0.2, 0) is 19.9 Å². The molecule has 0 bridgehead atoms. The first-order valence-corrected chi connectivity index (χ1v) is 7.15. The van der Waals surface area contributed by atoms with Crippen molar-refractivity contribution in [2.45, 2.75) is 12.8 Å². The molecule has 0 amide bonds. The number of hydrogen-bond acceptors (Lipinski definition) is 3. The van der Waals surface area contributed by atoms with Crippen LogP contribution in [0.5, 0.6) is 5.75 Å². The van der Waals surface area contributed by atoms with Gasteiger partial charge >= 0.3 is 0 Å². The van der Waals surface area contributed by atoms with Crippen LogP contribution in [0.25, 0.3) is 0 Å². The summed E-state index contributed by atoms with van der Waals surface area (Å²) in [5.41, 5.74) is 7.65. The van der Waals surface area contributed by atoms with E-state index in [4.69, 9.17) is 33.7 Å². The molecule has 0 aliphatic rings. The fourth-order valence-electron chi connectivity index (χ4n) is 2.02. The van der Waals surface area contributed by atoms with Gasteiger partial charge in [-0.25, -0.2) is 0 Å². The van der Waals surface area contributed by atoms with Crippen LogP contribution in [0, 0.1) is 0 Å². The van der Waals surface area contributed by atoms with E-state index in [9.17, 15) is 0 Å². The molecule has 2 aromatic rings. The van der Waals surface area contributed by atoms with E-state index < -0.39 is 0 Å². The van der Waals surface area contributed by atoms with Crippen LogP contribution >= 0.6 is 23.2 Å². The molecular weight excluding hydrogens is 297 g/mol. The van der Waals surface area contributed by atoms with Gasteiger partial charge in [0.25, 0.3) is 0 Å². The highest BCUT2D eigenvalue weighted by molar-refractivity contribution is 6.35. The zero-order chi connectivity index (χ0) is 14.5. The summed E-state index contributed by atoms with van der Waals surface area (Å²) >= 11 is 12.2. The lowest BCUT2D eigenvalue weighted by Crippen LogP contribution is -2.09. The lowest BCUT2D eigenvalue weighted by atomic mass is 10.1. The van der Waals surface area contributed by atoms with Gasteiger partial charge in [-0.3, -0.25) is 4.68 Å². The second-order valence-electron chi connectivity index (χ2n) is 4.46. The summed E-state index contributed by atoms with van der Waals surface area (Å²) in [5, 5.41) is 5.23. The topological polar surface area (TPSA) is 53.1 Å². The molecule has 6 heteroatoms. The Labute approximate surface area is 128 Å². The number of ether oxygens (including phenoxy) is 1. The zero-order valence-electron chi connectivity index (χ0n) is 11.3. The third-order valence-electron chi connectivity index (χ3n) is 3.03. The van der Waals surface area contributed by atoms with Crippen molar-refractivity contribution >= 4 is 23.2 Å². The Morgan fingerprint density at radius 2 is 2.10 bits per heavy atom. The minimum atomic E-state index is 0.519. The summed E-state index contributed by atoms with van der Waals surface area (Å²) < 4.78 is 7.64. The standard InChI is InChI=1S/C14H17Cl2N3O/c1-19-12(3-6-18-19)4-7-20-14-10(2-5-17)8-11(15)9-13(14)16/h3,6,8-9H,2,4-5,7,17H2,1H3. The second-order valence-corrected chi connectivity index (χ2v) is 5.30.